The standard InChI is InChI=1S/C13H14N4O3S/c1-16(8-10-3-2-6-21-10)13(18)9-4-5-11(15-14)12(7-9)17(19)20/h2-7,15H,8,14H2,1H3. The lowest BCUT2D eigenvalue weighted by molar-refractivity contribution is -0.384. The van der Waals surface area contributed by atoms with Gasteiger partial charge in [0.2, 0.25) is 0 Å². The Balaban J connectivity index is 2.22. The number of carbonyl (C=O) groups excluding carboxylic acids is 1. The molecule has 0 aliphatic rings. The van der Waals surface area contributed by atoms with E-state index in [0.29, 0.717) is 6.54 Å². The summed E-state index contributed by atoms with van der Waals surface area (Å²) in [6, 6.07) is 7.99. The van der Waals surface area contributed by atoms with Gasteiger partial charge in [-0.25, -0.2) is 0 Å². The van der Waals surface area contributed by atoms with Crippen molar-refractivity contribution in [3.8, 4) is 0 Å². The fourth-order valence-electron chi connectivity index (χ4n) is 1.87. The Hall–Kier alpha value is -2.45. The van der Waals surface area contributed by atoms with E-state index in [0.717, 1.165) is 4.88 Å². The minimum atomic E-state index is -0.578. The highest BCUT2D eigenvalue weighted by molar-refractivity contribution is 7.09. The zero-order valence-electron chi connectivity index (χ0n) is 11.3. The molecule has 0 aliphatic carbocycles. The minimum absolute atomic E-state index is 0.164. The first-order chi connectivity index (χ1) is 10.0. The summed E-state index contributed by atoms with van der Waals surface area (Å²) in [6.45, 7) is 0.460. The fraction of sp³-hybridized carbons (Fsp3) is 0.154. The van der Waals surface area contributed by atoms with Gasteiger partial charge in [0.1, 0.15) is 5.69 Å². The molecule has 0 radical (unpaired) electrons. The van der Waals surface area contributed by atoms with Crippen LogP contribution in [0.3, 0.4) is 0 Å². The minimum Gasteiger partial charge on any atom is -0.337 e. The number of amides is 1. The first-order valence-electron chi connectivity index (χ1n) is 6.06. The van der Waals surface area contributed by atoms with E-state index in [1.165, 1.54) is 23.1 Å². The molecule has 110 valence electrons. The summed E-state index contributed by atoms with van der Waals surface area (Å²) in [5.41, 5.74) is 2.43. The summed E-state index contributed by atoms with van der Waals surface area (Å²) >= 11 is 1.55. The lowest BCUT2D eigenvalue weighted by atomic mass is 10.1. The Morgan fingerprint density at radius 1 is 1.48 bits per heavy atom. The second-order valence-corrected chi connectivity index (χ2v) is 5.41. The van der Waals surface area contributed by atoms with E-state index in [9.17, 15) is 14.9 Å². The summed E-state index contributed by atoms with van der Waals surface area (Å²) in [7, 11) is 1.66. The first-order valence-corrected chi connectivity index (χ1v) is 6.94. The summed E-state index contributed by atoms with van der Waals surface area (Å²) in [5.74, 6) is 4.93. The number of nitrogens with two attached hydrogens (primary N) is 1. The number of benzene rings is 1. The molecule has 8 heteroatoms. The Morgan fingerprint density at radius 3 is 2.81 bits per heavy atom. The van der Waals surface area contributed by atoms with Gasteiger partial charge in [0.15, 0.2) is 0 Å². The molecule has 0 saturated heterocycles. The molecule has 0 unspecified atom stereocenters. The average Bonchev–Trinajstić information content (AvgIpc) is 2.98. The number of nitrogens with zero attached hydrogens (tertiary/aromatic N) is 2. The third kappa shape index (κ3) is 3.36. The smallest absolute Gasteiger partial charge is 0.294 e. The van der Waals surface area contributed by atoms with Gasteiger partial charge in [-0.05, 0) is 23.6 Å². The maximum absolute atomic E-state index is 12.3. The van der Waals surface area contributed by atoms with E-state index in [2.05, 4.69) is 5.43 Å². The number of nitrogen functional groups attached to an aromatic ring is 1. The van der Waals surface area contributed by atoms with E-state index in [4.69, 9.17) is 5.84 Å². The van der Waals surface area contributed by atoms with E-state index >= 15 is 0 Å². The number of nitrogens with one attached hydrogen (secondary N) is 1. The molecule has 2 aromatic rings. The molecular weight excluding hydrogens is 292 g/mol. The maximum atomic E-state index is 12.3. The van der Waals surface area contributed by atoms with Gasteiger partial charge < -0.3 is 10.3 Å². The molecule has 1 aromatic heterocycles. The molecule has 1 aromatic carbocycles. The lowest BCUT2D eigenvalue weighted by Crippen LogP contribution is -2.26. The summed E-state index contributed by atoms with van der Waals surface area (Å²) in [5, 5.41) is 12.9. The van der Waals surface area contributed by atoms with Gasteiger partial charge in [-0.1, -0.05) is 6.07 Å². The molecule has 2 rings (SSSR count). The molecule has 0 fully saturated rings. The van der Waals surface area contributed by atoms with Gasteiger partial charge in [-0.3, -0.25) is 20.8 Å². The maximum Gasteiger partial charge on any atom is 0.294 e. The second-order valence-electron chi connectivity index (χ2n) is 4.37. The highest BCUT2D eigenvalue weighted by atomic mass is 32.1. The number of rotatable bonds is 5. The Morgan fingerprint density at radius 2 is 2.24 bits per heavy atom. The van der Waals surface area contributed by atoms with Crippen LogP contribution in [0.1, 0.15) is 15.2 Å². The predicted molar refractivity (Wildman–Crippen MR) is 81.0 cm³/mol. The van der Waals surface area contributed by atoms with Crippen molar-refractivity contribution in [2.75, 3.05) is 12.5 Å². The molecule has 0 aliphatic heterocycles. The topological polar surface area (TPSA) is 102 Å². The van der Waals surface area contributed by atoms with E-state index < -0.39 is 4.92 Å². The van der Waals surface area contributed by atoms with E-state index in [1.54, 1.807) is 18.4 Å². The van der Waals surface area contributed by atoms with Crippen molar-refractivity contribution in [1.82, 2.24) is 4.90 Å². The van der Waals surface area contributed by atoms with Crippen molar-refractivity contribution >= 4 is 28.6 Å². The molecule has 0 atom stereocenters. The zero-order valence-corrected chi connectivity index (χ0v) is 12.1. The van der Waals surface area contributed by atoms with Crippen LogP contribution < -0.4 is 11.3 Å². The molecule has 21 heavy (non-hydrogen) atoms. The van der Waals surface area contributed by atoms with Crippen molar-refractivity contribution in [2.45, 2.75) is 6.54 Å². The average molecular weight is 306 g/mol. The number of thiophene rings is 1. The summed E-state index contributed by atoms with van der Waals surface area (Å²) in [6.07, 6.45) is 0. The first kappa shape index (κ1) is 14.9. The van der Waals surface area contributed by atoms with Crippen LogP contribution in [0.15, 0.2) is 35.7 Å². The van der Waals surface area contributed by atoms with E-state index in [1.807, 2.05) is 17.5 Å². The zero-order chi connectivity index (χ0) is 15.4. The Labute approximate surface area is 125 Å². The number of nitro benzene ring substituents is 1. The largest absolute Gasteiger partial charge is 0.337 e. The van der Waals surface area contributed by atoms with Gasteiger partial charge in [-0.15, -0.1) is 11.3 Å². The van der Waals surface area contributed by atoms with Crippen LogP contribution in [0.25, 0.3) is 0 Å². The highest BCUT2D eigenvalue weighted by Crippen LogP contribution is 2.25. The highest BCUT2D eigenvalue weighted by Gasteiger charge is 2.19. The number of carbonyl (C=O) groups is 1. The third-order valence-corrected chi connectivity index (χ3v) is 3.78. The molecule has 0 bridgehead atoms. The Kier molecular flexibility index (Phi) is 4.51. The van der Waals surface area contributed by atoms with Crippen molar-refractivity contribution in [1.29, 1.82) is 0 Å². The van der Waals surface area contributed by atoms with Crippen LogP contribution in [0.4, 0.5) is 11.4 Å². The summed E-state index contributed by atoms with van der Waals surface area (Å²) in [4.78, 5) is 25.2. The molecule has 3 N–H and O–H groups in total. The van der Waals surface area contributed by atoms with Crippen molar-refractivity contribution < 1.29 is 9.72 Å². The SMILES string of the molecule is CN(Cc1cccs1)C(=O)c1ccc(NN)c([N+](=O)[O-])c1. The predicted octanol–water partition coefficient (Wildman–Crippen LogP) is 2.21. The van der Waals surface area contributed by atoms with Gasteiger partial charge in [-0.2, -0.15) is 0 Å². The number of hydrogen-bond acceptors (Lipinski definition) is 6. The van der Waals surface area contributed by atoms with Crippen LogP contribution in [0.2, 0.25) is 0 Å². The van der Waals surface area contributed by atoms with Gasteiger partial charge >= 0.3 is 0 Å². The molecular formula is C13H14N4O3S. The van der Waals surface area contributed by atoms with Crippen LogP contribution in [-0.2, 0) is 6.54 Å². The van der Waals surface area contributed by atoms with Crippen LogP contribution in [0, 0.1) is 10.1 Å². The molecule has 0 spiro atoms. The third-order valence-electron chi connectivity index (χ3n) is 2.92. The Bertz CT molecular complexity index is 657. The van der Waals surface area contributed by atoms with Crippen LogP contribution in [-0.4, -0.2) is 22.8 Å². The van der Waals surface area contributed by atoms with Gasteiger partial charge in [0.05, 0.1) is 11.5 Å². The summed E-state index contributed by atoms with van der Waals surface area (Å²) < 4.78 is 0. The van der Waals surface area contributed by atoms with Crippen molar-refractivity contribution in [3.63, 3.8) is 0 Å². The molecule has 0 saturated carbocycles. The molecule has 7 nitrogen and oxygen atoms in total. The molecule has 1 heterocycles. The fourth-order valence-corrected chi connectivity index (χ4v) is 2.62. The molecule has 1 amide bonds. The monoisotopic (exact) mass is 306 g/mol. The normalized spacial score (nSPS) is 10.2. The lowest BCUT2D eigenvalue weighted by Gasteiger charge is -2.16. The van der Waals surface area contributed by atoms with E-state index in [-0.39, 0.29) is 22.8 Å². The van der Waals surface area contributed by atoms with Crippen molar-refractivity contribution in [3.05, 3.63) is 56.3 Å². The van der Waals surface area contributed by atoms with Crippen LogP contribution in [0.5, 0.6) is 0 Å². The quantitative estimate of drug-likeness (QED) is 0.501. The second kappa shape index (κ2) is 6.33. The number of hydrogen-bond donors (Lipinski definition) is 2. The number of hydrazine groups is 1. The van der Waals surface area contributed by atoms with Gasteiger partial charge in [0, 0.05) is 23.6 Å². The number of nitro groups is 1. The van der Waals surface area contributed by atoms with Crippen molar-refractivity contribution in [2.24, 2.45) is 5.84 Å². The number of anilines is 1. The van der Waals surface area contributed by atoms with Gasteiger partial charge in [0.25, 0.3) is 11.6 Å². The van der Waals surface area contributed by atoms with Crippen LogP contribution >= 0.6 is 11.3 Å².